The Morgan fingerprint density at radius 3 is 2.52 bits per heavy atom. The molecule has 1 saturated heterocycles. The molecule has 1 aromatic carbocycles. The Hall–Kier alpha value is -3.04. The van der Waals surface area contributed by atoms with Gasteiger partial charge in [0.05, 0.1) is 31.9 Å². The number of esters is 1. The molecule has 180 valence electrons. The highest BCUT2D eigenvalue weighted by Crippen LogP contribution is 2.34. The lowest BCUT2D eigenvalue weighted by molar-refractivity contribution is -0.139. The Morgan fingerprint density at radius 1 is 1.15 bits per heavy atom. The van der Waals surface area contributed by atoms with Gasteiger partial charge in [-0.25, -0.2) is 9.59 Å². The fraction of sp³-hybridized carbons (Fsp3) is 0.500. The zero-order valence-electron chi connectivity index (χ0n) is 19.7. The number of nitrogens with zero attached hydrogens (tertiary/aromatic N) is 2. The van der Waals surface area contributed by atoms with Crippen LogP contribution in [0.5, 0.6) is 11.5 Å². The van der Waals surface area contributed by atoms with Gasteiger partial charge in [0, 0.05) is 45.0 Å². The van der Waals surface area contributed by atoms with E-state index in [0.717, 1.165) is 32.7 Å². The quantitative estimate of drug-likeness (QED) is 0.410. The highest BCUT2D eigenvalue weighted by molar-refractivity contribution is 5.95. The van der Waals surface area contributed by atoms with Crippen molar-refractivity contribution in [2.24, 2.45) is 0 Å². The molecule has 9 heteroatoms. The van der Waals surface area contributed by atoms with Crippen molar-refractivity contribution in [2.75, 3.05) is 59.6 Å². The van der Waals surface area contributed by atoms with Crippen LogP contribution in [0.4, 0.5) is 4.79 Å². The van der Waals surface area contributed by atoms with Crippen LogP contribution < -0.4 is 20.1 Å². The number of piperazine rings is 1. The molecule has 1 aromatic rings. The van der Waals surface area contributed by atoms with Crippen LogP contribution in [0.3, 0.4) is 0 Å². The molecule has 0 aromatic heterocycles. The maximum absolute atomic E-state index is 13.0. The second kappa shape index (κ2) is 11.7. The normalized spacial score (nSPS) is 19.5. The standard InChI is InChI=1S/C24H34N4O5/c1-5-10-27-11-13-28(14-12-27)16-18-21(23(29)33-7-3)22(26-24(30)25-18)17-8-9-19(32-6-2)20(15-17)31-4/h5,8-9,15,22H,1,6-7,10-14,16H2,2-4H3,(H2,25,26,30). The summed E-state index contributed by atoms with van der Waals surface area (Å²) in [6.07, 6.45) is 1.90. The molecule has 2 heterocycles. The third kappa shape index (κ3) is 6.06. The summed E-state index contributed by atoms with van der Waals surface area (Å²) in [6, 6.07) is 4.37. The Morgan fingerprint density at radius 2 is 1.88 bits per heavy atom. The van der Waals surface area contributed by atoms with Gasteiger partial charge in [-0.1, -0.05) is 12.1 Å². The third-order valence-electron chi connectivity index (χ3n) is 5.70. The van der Waals surface area contributed by atoms with Crippen LogP contribution in [0, 0.1) is 0 Å². The van der Waals surface area contributed by atoms with Crippen LogP contribution in [0.1, 0.15) is 25.5 Å². The maximum atomic E-state index is 13.0. The Labute approximate surface area is 195 Å². The van der Waals surface area contributed by atoms with Gasteiger partial charge in [0.2, 0.25) is 0 Å². The first-order valence-electron chi connectivity index (χ1n) is 11.3. The molecule has 0 spiro atoms. The summed E-state index contributed by atoms with van der Waals surface area (Å²) < 4.78 is 16.5. The largest absolute Gasteiger partial charge is 0.493 e. The van der Waals surface area contributed by atoms with E-state index in [9.17, 15) is 9.59 Å². The number of rotatable bonds is 10. The number of hydrogen-bond acceptors (Lipinski definition) is 7. The first-order chi connectivity index (χ1) is 16.0. The first kappa shape index (κ1) is 24.6. The second-order valence-electron chi connectivity index (χ2n) is 7.85. The van der Waals surface area contributed by atoms with E-state index < -0.39 is 12.0 Å². The number of carbonyl (C=O) groups is 2. The van der Waals surface area contributed by atoms with E-state index in [4.69, 9.17) is 14.2 Å². The van der Waals surface area contributed by atoms with Gasteiger partial charge in [0.1, 0.15) is 0 Å². The van der Waals surface area contributed by atoms with Crippen molar-refractivity contribution in [1.29, 1.82) is 0 Å². The number of urea groups is 1. The number of benzene rings is 1. The van der Waals surface area contributed by atoms with Gasteiger partial charge >= 0.3 is 12.0 Å². The fourth-order valence-corrected chi connectivity index (χ4v) is 4.12. The van der Waals surface area contributed by atoms with Gasteiger partial charge < -0.3 is 24.8 Å². The summed E-state index contributed by atoms with van der Waals surface area (Å²) in [6.45, 7) is 13.0. The SMILES string of the molecule is C=CCN1CCN(CC2=C(C(=O)OCC)C(c3ccc(OCC)c(OC)c3)NC(=O)N2)CC1. The number of hydrogen-bond donors (Lipinski definition) is 2. The molecule has 1 atom stereocenters. The predicted octanol–water partition coefficient (Wildman–Crippen LogP) is 2.07. The molecule has 2 amide bonds. The molecule has 33 heavy (non-hydrogen) atoms. The molecule has 2 aliphatic rings. The third-order valence-corrected chi connectivity index (χ3v) is 5.70. The Bertz CT molecular complexity index is 893. The predicted molar refractivity (Wildman–Crippen MR) is 125 cm³/mol. The molecule has 1 unspecified atom stereocenters. The van der Waals surface area contributed by atoms with Gasteiger partial charge in [-0.05, 0) is 31.5 Å². The van der Waals surface area contributed by atoms with Crippen LogP contribution in [-0.4, -0.2) is 81.4 Å². The lowest BCUT2D eigenvalue weighted by atomic mass is 9.94. The summed E-state index contributed by atoms with van der Waals surface area (Å²) in [5.74, 6) is 0.677. The minimum Gasteiger partial charge on any atom is -0.493 e. The van der Waals surface area contributed by atoms with Crippen LogP contribution in [0.25, 0.3) is 0 Å². The van der Waals surface area contributed by atoms with Crippen LogP contribution in [-0.2, 0) is 9.53 Å². The number of amides is 2. The van der Waals surface area contributed by atoms with Crippen LogP contribution in [0.15, 0.2) is 42.1 Å². The number of methoxy groups -OCH3 is 1. The van der Waals surface area contributed by atoms with Crippen molar-refractivity contribution in [3.8, 4) is 11.5 Å². The molecule has 0 saturated carbocycles. The highest BCUT2D eigenvalue weighted by Gasteiger charge is 2.35. The van der Waals surface area contributed by atoms with Gasteiger partial charge in [0.15, 0.2) is 11.5 Å². The number of carbonyl (C=O) groups excluding carboxylic acids is 2. The second-order valence-corrected chi connectivity index (χ2v) is 7.85. The average Bonchev–Trinajstić information content (AvgIpc) is 2.80. The van der Waals surface area contributed by atoms with E-state index in [0.29, 0.717) is 41.5 Å². The molecule has 2 aliphatic heterocycles. The van der Waals surface area contributed by atoms with E-state index >= 15 is 0 Å². The zero-order valence-corrected chi connectivity index (χ0v) is 19.7. The topological polar surface area (TPSA) is 92.4 Å². The van der Waals surface area contributed by atoms with E-state index in [2.05, 4.69) is 27.0 Å². The molecule has 0 aliphatic carbocycles. The molecular weight excluding hydrogens is 424 g/mol. The molecule has 0 bridgehead atoms. The minimum atomic E-state index is -0.667. The van der Waals surface area contributed by atoms with Crippen molar-refractivity contribution in [3.05, 3.63) is 47.7 Å². The van der Waals surface area contributed by atoms with Crippen LogP contribution >= 0.6 is 0 Å². The maximum Gasteiger partial charge on any atom is 0.338 e. The zero-order chi connectivity index (χ0) is 23.8. The molecule has 9 nitrogen and oxygen atoms in total. The van der Waals surface area contributed by atoms with Gasteiger partial charge in [-0.3, -0.25) is 9.80 Å². The molecule has 0 radical (unpaired) electrons. The van der Waals surface area contributed by atoms with Gasteiger partial charge in [-0.2, -0.15) is 0 Å². The highest BCUT2D eigenvalue weighted by atomic mass is 16.5. The monoisotopic (exact) mass is 458 g/mol. The van der Waals surface area contributed by atoms with Gasteiger partial charge in [0.25, 0.3) is 0 Å². The van der Waals surface area contributed by atoms with E-state index in [-0.39, 0.29) is 12.6 Å². The summed E-state index contributed by atoms with van der Waals surface area (Å²) in [4.78, 5) is 30.2. The van der Waals surface area contributed by atoms with E-state index in [1.54, 1.807) is 26.2 Å². The Kier molecular flexibility index (Phi) is 8.73. The molecule has 2 N–H and O–H groups in total. The van der Waals surface area contributed by atoms with E-state index in [1.165, 1.54) is 0 Å². The summed E-state index contributed by atoms with van der Waals surface area (Å²) >= 11 is 0. The van der Waals surface area contributed by atoms with Crippen molar-refractivity contribution in [1.82, 2.24) is 20.4 Å². The number of ether oxygens (including phenoxy) is 3. The molecule has 1 fully saturated rings. The molecule has 3 rings (SSSR count). The van der Waals surface area contributed by atoms with Crippen molar-refractivity contribution >= 4 is 12.0 Å². The van der Waals surface area contributed by atoms with E-state index in [1.807, 2.05) is 19.1 Å². The molecular formula is C24H34N4O5. The van der Waals surface area contributed by atoms with Crippen molar-refractivity contribution < 1.29 is 23.8 Å². The smallest absolute Gasteiger partial charge is 0.338 e. The Balaban J connectivity index is 1.93. The first-order valence-corrected chi connectivity index (χ1v) is 11.3. The fourth-order valence-electron chi connectivity index (χ4n) is 4.12. The minimum absolute atomic E-state index is 0.239. The van der Waals surface area contributed by atoms with Crippen molar-refractivity contribution in [2.45, 2.75) is 19.9 Å². The van der Waals surface area contributed by atoms with Gasteiger partial charge in [-0.15, -0.1) is 6.58 Å². The summed E-state index contributed by atoms with van der Waals surface area (Å²) in [7, 11) is 1.56. The lowest BCUT2D eigenvalue weighted by Crippen LogP contribution is -2.51. The number of nitrogens with one attached hydrogen (secondary N) is 2. The van der Waals surface area contributed by atoms with Crippen molar-refractivity contribution in [3.63, 3.8) is 0 Å². The lowest BCUT2D eigenvalue weighted by Gasteiger charge is -2.36. The summed E-state index contributed by atoms with van der Waals surface area (Å²) in [5, 5.41) is 5.72. The average molecular weight is 459 g/mol. The van der Waals surface area contributed by atoms with Crippen LogP contribution in [0.2, 0.25) is 0 Å². The summed E-state index contributed by atoms with van der Waals surface area (Å²) in [5.41, 5.74) is 1.67.